The molecule has 0 bridgehead atoms. The van der Waals surface area contributed by atoms with Crippen LogP contribution in [0.15, 0.2) is 36.4 Å². The Balaban J connectivity index is 2.49. The highest BCUT2D eigenvalue weighted by Crippen LogP contribution is 2.31. The van der Waals surface area contributed by atoms with Crippen molar-refractivity contribution < 1.29 is 4.39 Å². The van der Waals surface area contributed by atoms with Crippen molar-refractivity contribution in [3.05, 3.63) is 69.0 Å². The van der Waals surface area contributed by atoms with Crippen molar-refractivity contribution in [2.45, 2.75) is 26.3 Å². The summed E-state index contributed by atoms with van der Waals surface area (Å²) in [6.07, 6.45) is 0.975. The van der Waals surface area contributed by atoms with Gasteiger partial charge in [0, 0.05) is 10.0 Å². The van der Waals surface area contributed by atoms with Gasteiger partial charge in [-0.15, -0.1) is 0 Å². The third kappa shape index (κ3) is 4.19. The Kier molecular flexibility index (Phi) is 5.63. The van der Waals surface area contributed by atoms with E-state index in [1.54, 1.807) is 12.1 Å². The predicted molar refractivity (Wildman–Crippen MR) is 87.7 cm³/mol. The molecule has 0 radical (unpaired) electrons. The second-order valence-electron chi connectivity index (χ2n) is 5.11. The topological polar surface area (TPSA) is 12.0 Å². The first-order valence-corrected chi connectivity index (χ1v) is 7.72. The summed E-state index contributed by atoms with van der Waals surface area (Å²) in [7, 11) is 0. The maximum atomic E-state index is 13.7. The van der Waals surface area contributed by atoms with Gasteiger partial charge in [0.1, 0.15) is 5.82 Å². The fourth-order valence-corrected chi connectivity index (χ4v) is 2.77. The molecule has 2 aromatic carbocycles. The third-order valence-corrected chi connectivity index (χ3v) is 3.84. The second-order valence-corrected chi connectivity index (χ2v) is 5.96. The molecule has 112 valence electrons. The molecular weight excluding hydrogens is 308 g/mol. The van der Waals surface area contributed by atoms with E-state index >= 15 is 0 Å². The molecule has 0 amide bonds. The zero-order valence-electron chi connectivity index (χ0n) is 12.1. The monoisotopic (exact) mass is 325 g/mol. The van der Waals surface area contributed by atoms with E-state index in [0.717, 1.165) is 29.7 Å². The van der Waals surface area contributed by atoms with E-state index in [2.05, 4.69) is 12.2 Å². The van der Waals surface area contributed by atoms with E-state index < -0.39 is 0 Å². The number of hydrogen-bond donors (Lipinski definition) is 1. The van der Waals surface area contributed by atoms with Crippen LogP contribution in [0.3, 0.4) is 0 Å². The van der Waals surface area contributed by atoms with Crippen LogP contribution in [0.25, 0.3) is 0 Å². The first-order chi connectivity index (χ1) is 10.0. The van der Waals surface area contributed by atoms with Crippen LogP contribution in [0.4, 0.5) is 4.39 Å². The smallest absolute Gasteiger partial charge is 0.123 e. The van der Waals surface area contributed by atoms with Gasteiger partial charge >= 0.3 is 0 Å². The van der Waals surface area contributed by atoms with E-state index in [4.69, 9.17) is 23.2 Å². The molecular formula is C17H18Cl2FN. The highest BCUT2D eigenvalue weighted by atomic mass is 35.5. The van der Waals surface area contributed by atoms with E-state index in [0.29, 0.717) is 10.0 Å². The summed E-state index contributed by atoms with van der Waals surface area (Å²) in [4.78, 5) is 0. The number of hydrogen-bond acceptors (Lipinski definition) is 1. The van der Waals surface area contributed by atoms with Gasteiger partial charge in [0.05, 0.1) is 6.04 Å². The maximum Gasteiger partial charge on any atom is 0.123 e. The highest BCUT2D eigenvalue weighted by molar-refractivity contribution is 6.33. The van der Waals surface area contributed by atoms with Crippen LogP contribution in [0, 0.1) is 12.7 Å². The highest BCUT2D eigenvalue weighted by Gasteiger charge is 2.18. The molecule has 2 rings (SSSR count). The Bertz CT molecular complexity index is 608. The average Bonchev–Trinajstić information content (AvgIpc) is 2.42. The van der Waals surface area contributed by atoms with Crippen molar-refractivity contribution in [1.29, 1.82) is 0 Å². The molecule has 0 spiro atoms. The van der Waals surface area contributed by atoms with Gasteiger partial charge in [0.25, 0.3) is 0 Å². The van der Waals surface area contributed by atoms with Crippen molar-refractivity contribution in [2.24, 2.45) is 0 Å². The molecule has 0 fully saturated rings. The van der Waals surface area contributed by atoms with E-state index in [-0.39, 0.29) is 11.9 Å². The van der Waals surface area contributed by atoms with E-state index in [9.17, 15) is 4.39 Å². The normalized spacial score (nSPS) is 12.4. The standard InChI is InChI=1S/C17H18Cl2FN/c1-3-6-21-17(12-7-11(2)8-14(20)9-12)15-10-13(18)4-5-16(15)19/h4-5,7-10,17,21H,3,6H2,1-2H3. The number of aryl methyl sites for hydroxylation is 1. The van der Waals surface area contributed by atoms with Crippen molar-refractivity contribution in [2.75, 3.05) is 6.54 Å². The summed E-state index contributed by atoms with van der Waals surface area (Å²) in [6.45, 7) is 4.77. The fourth-order valence-electron chi connectivity index (χ4n) is 2.36. The van der Waals surface area contributed by atoms with Crippen LogP contribution in [-0.2, 0) is 0 Å². The molecule has 1 unspecified atom stereocenters. The summed E-state index contributed by atoms with van der Waals surface area (Å²) in [5.74, 6) is -0.244. The Labute approximate surface area is 135 Å². The SMILES string of the molecule is CCCNC(c1cc(C)cc(F)c1)c1cc(Cl)ccc1Cl. The minimum Gasteiger partial charge on any atom is -0.306 e. The lowest BCUT2D eigenvalue weighted by atomic mass is 9.97. The van der Waals surface area contributed by atoms with Gasteiger partial charge in [-0.1, -0.05) is 36.2 Å². The minimum absolute atomic E-state index is 0.175. The van der Waals surface area contributed by atoms with E-state index in [1.165, 1.54) is 12.1 Å². The van der Waals surface area contributed by atoms with Crippen LogP contribution >= 0.6 is 23.2 Å². The summed E-state index contributed by atoms with van der Waals surface area (Å²) < 4.78 is 13.7. The molecule has 1 nitrogen and oxygen atoms in total. The van der Waals surface area contributed by atoms with Crippen LogP contribution in [0.5, 0.6) is 0 Å². The van der Waals surface area contributed by atoms with Gasteiger partial charge < -0.3 is 5.32 Å². The summed E-state index contributed by atoms with van der Waals surface area (Å²) in [6, 6.07) is 10.2. The van der Waals surface area contributed by atoms with Gasteiger partial charge in [-0.3, -0.25) is 0 Å². The average molecular weight is 326 g/mol. The lowest BCUT2D eigenvalue weighted by molar-refractivity contribution is 0.585. The lowest BCUT2D eigenvalue weighted by Crippen LogP contribution is -2.23. The minimum atomic E-state index is -0.244. The largest absolute Gasteiger partial charge is 0.306 e. The first kappa shape index (κ1) is 16.3. The summed E-state index contributed by atoms with van der Waals surface area (Å²) in [5.41, 5.74) is 2.60. The number of nitrogens with one attached hydrogen (secondary N) is 1. The molecule has 0 aromatic heterocycles. The molecule has 4 heteroatoms. The van der Waals surface area contributed by atoms with Crippen molar-refractivity contribution >= 4 is 23.2 Å². The number of benzene rings is 2. The maximum absolute atomic E-state index is 13.7. The molecule has 1 atom stereocenters. The summed E-state index contributed by atoms with van der Waals surface area (Å²) in [5, 5.41) is 4.65. The Hall–Kier alpha value is -1.09. The molecule has 0 saturated heterocycles. The molecule has 0 heterocycles. The molecule has 21 heavy (non-hydrogen) atoms. The predicted octanol–water partition coefficient (Wildman–Crippen LogP) is 5.53. The van der Waals surface area contributed by atoms with Gasteiger partial charge in [-0.05, 0) is 66.9 Å². The number of halogens is 3. The van der Waals surface area contributed by atoms with Crippen molar-refractivity contribution in [3.8, 4) is 0 Å². The third-order valence-electron chi connectivity index (χ3n) is 3.27. The quantitative estimate of drug-likeness (QED) is 0.762. The summed E-state index contributed by atoms with van der Waals surface area (Å²) >= 11 is 12.4. The Morgan fingerprint density at radius 1 is 1.14 bits per heavy atom. The molecule has 0 aliphatic rings. The van der Waals surface area contributed by atoms with E-state index in [1.807, 2.05) is 19.1 Å². The Morgan fingerprint density at radius 3 is 2.57 bits per heavy atom. The zero-order chi connectivity index (χ0) is 15.4. The van der Waals surface area contributed by atoms with Crippen molar-refractivity contribution in [3.63, 3.8) is 0 Å². The molecule has 0 aliphatic heterocycles. The zero-order valence-corrected chi connectivity index (χ0v) is 13.6. The van der Waals surface area contributed by atoms with Crippen molar-refractivity contribution in [1.82, 2.24) is 5.32 Å². The molecule has 0 aliphatic carbocycles. The van der Waals surface area contributed by atoms with Crippen LogP contribution in [-0.4, -0.2) is 6.54 Å². The molecule has 1 N–H and O–H groups in total. The lowest BCUT2D eigenvalue weighted by Gasteiger charge is -2.21. The molecule has 0 saturated carbocycles. The second kappa shape index (κ2) is 7.26. The van der Waals surface area contributed by atoms with Gasteiger partial charge in [-0.25, -0.2) is 4.39 Å². The van der Waals surface area contributed by atoms with Crippen LogP contribution in [0.1, 0.15) is 36.1 Å². The van der Waals surface area contributed by atoms with Gasteiger partial charge in [0.15, 0.2) is 0 Å². The fraction of sp³-hybridized carbons (Fsp3) is 0.294. The molecule has 2 aromatic rings. The van der Waals surface area contributed by atoms with Crippen LogP contribution < -0.4 is 5.32 Å². The van der Waals surface area contributed by atoms with Gasteiger partial charge in [-0.2, -0.15) is 0 Å². The first-order valence-electron chi connectivity index (χ1n) is 6.96. The van der Waals surface area contributed by atoms with Gasteiger partial charge in [0.2, 0.25) is 0 Å². The van der Waals surface area contributed by atoms with Crippen LogP contribution in [0.2, 0.25) is 10.0 Å². The Morgan fingerprint density at radius 2 is 1.90 bits per heavy atom. The number of rotatable bonds is 5.